The van der Waals surface area contributed by atoms with E-state index in [9.17, 15) is 8.42 Å². The van der Waals surface area contributed by atoms with Crippen LogP contribution in [0, 0.1) is 0 Å². The molecule has 0 saturated carbocycles. The molecular weight excluding hydrogens is 232 g/mol. The summed E-state index contributed by atoms with van der Waals surface area (Å²) in [5.74, 6) is 0. The number of hydrogen-bond acceptors (Lipinski definition) is 5. The van der Waals surface area contributed by atoms with E-state index in [4.69, 9.17) is 15.2 Å². The molecule has 0 aromatic carbocycles. The van der Waals surface area contributed by atoms with E-state index in [1.807, 2.05) is 0 Å². The minimum absolute atomic E-state index is 0.135. The summed E-state index contributed by atoms with van der Waals surface area (Å²) in [5, 5.41) is -0.522. The first kappa shape index (κ1) is 15.8. The maximum atomic E-state index is 11.6. The molecule has 98 valence electrons. The van der Waals surface area contributed by atoms with Gasteiger partial charge in [0.15, 0.2) is 0 Å². The first-order chi connectivity index (χ1) is 7.58. The Morgan fingerprint density at radius 2 is 2.00 bits per heavy atom. The largest absolute Gasteiger partial charge is 0.382 e. The number of nitrogens with two attached hydrogens (primary N) is 1. The van der Waals surface area contributed by atoms with Gasteiger partial charge in [0.2, 0.25) is 10.0 Å². The summed E-state index contributed by atoms with van der Waals surface area (Å²) in [6.45, 7) is 3.51. The van der Waals surface area contributed by atoms with Gasteiger partial charge < -0.3 is 15.2 Å². The van der Waals surface area contributed by atoms with Crippen LogP contribution in [0.15, 0.2) is 0 Å². The van der Waals surface area contributed by atoms with Crippen molar-refractivity contribution in [3.8, 4) is 0 Å². The van der Waals surface area contributed by atoms with Crippen LogP contribution >= 0.6 is 0 Å². The Labute approximate surface area is 97.5 Å². The molecule has 0 heterocycles. The fraction of sp³-hybridized carbons (Fsp3) is 1.00. The lowest BCUT2D eigenvalue weighted by Crippen LogP contribution is -2.40. The third kappa shape index (κ3) is 6.39. The van der Waals surface area contributed by atoms with Crippen LogP contribution in [-0.4, -0.2) is 53.7 Å². The average molecular weight is 254 g/mol. The molecule has 0 fully saturated rings. The van der Waals surface area contributed by atoms with E-state index in [1.54, 1.807) is 14.0 Å². The van der Waals surface area contributed by atoms with Crippen molar-refractivity contribution < 1.29 is 17.9 Å². The molecule has 1 atom stereocenters. The predicted octanol–water partition coefficient (Wildman–Crippen LogP) is -0.694. The third-order valence-electron chi connectivity index (χ3n) is 2.14. The van der Waals surface area contributed by atoms with E-state index in [1.165, 1.54) is 0 Å². The number of rotatable bonds is 10. The van der Waals surface area contributed by atoms with Gasteiger partial charge >= 0.3 is 0 Å². The second-order valence-corrected chi connectivity index (χ2v) is 5.36. The van der Waals surface area contributed by atoms with Gasteiger partial charge in [-0.15, -0.1) is 0 Å². The van der Waals surface area contributed by atoms with Crippen molar-refractivity contribution in [2.24, 2.45) is 5.73 Å². The van der Waals surface area contributed by atoms with Gasteiger partial charge in [-0.2, -0.15) is 0 Å². The quantitative estimate of drug-likeness (QED) is 0.503. The zero-order valence-electron chi connectivity index (χ0n) is 9.94. The standard InChI is InChI=1S/C9H22N2O4S/c1-3-9(8-10)16(12,13)11-4-5-15-7-6-14-2/h9,11H,3-8,10H2,1-2H3. The molecule has 16 heavy (non-hydrogen) atoms. The highest BCUT2D eigenvalue weighted by Crippen LogP contribution is 2.01. The number of methoxy groups -OCH3 is 1. The smallest absolute Gasteiger partial charge is 0.215 e. The zero-order valence-corrected chi connectivity index (χ0v) is 10.8. The van der Waals surface area contributed by atoms with E-state index in [0.29, 0.717) is 26.2 Å². The van der Waals surface area contributed by atoms with Gasteiger partial charge in [-0.3, -0.25) is 0 Å². The van der Waals surface area contributed by atoms with Crippen molar-refractivity contribution in [2.45, 2.75) is 18.6 Å². The monoisotopic (exact) mass is 254 g/mol. The molecule has 0 aliphatic rings. The van der Waals surface area contributed by atoms with E-state index < -0.39 is 15.3 Å². The maximum Gasteiger partial charge on any atom is 0.215 e. The Kier molecular flexibility index (Phi) is 8.77. The van der Waals surface area contributed by atoms with E-state index in [0.717, 1.165) is 0 Å². The van der Waals surface area contributed by atoms with Crippen LogP contribution in [0.1, 0.15) is 13.3 Å². The topological polar surface area (TPSA) is 90.7 Å². The molecule has 6 nitrogen and oxygen atoms in total. The summed E-state index contributed by atoms with van der Waals surface area (Å²) in [4.78, 5) is 0. The van der Waals surface area contributed by atoms with Crippen LogP contribution < -0.4 is 10.5 Å². The zero-order chi connectivity index (χ0) is 12.4. The molecule has 0 bridgehead atoms. The normalized spacial score (nSPS) is 13.9. The average Bonchev–Trinajstić information content (AvgIpc) is 2.24. The Balaban J connectivity index is 3.74. The van der Waals surface area contributed by atoms with E-state index >= 15 is 0 Å². The summed E-state index contributed by atoms with van der Waals surface area (Å²) >= 11 is 0. The van der Waals surface area contributed by atoms with Crippen molar-refractivity contribution in [3.63, 3.8) is 0 Å². The first-order valence-corrected chi connectivity index (χ1v) is 6.88. The summed E-state index contributed by atoms with van der Waals surface area (Å²) < 4.78 is 35.6. The third-order valence-corrected chi connectivity index (χ3v) is 4.15. The van der Waals surface area contributed by atoms with Gasteiger partial charge in [-0.25, -0.2) is 13.1 Å². The van der Waals surface area contributed by atoms with E-state index in [-0.39, 0.29) is 13.1 Å². The lowest BCUT2D eigenvalue weighted by Gasteiger charge is -2.14. The van der Waals surface area contributed by atoms with Crippen LogP contribution in [0.25, 0.3) is 0 Å². The van der Waals surface area contributed by atoms with Crippen LogP contribution in [0.3, 0.4) is 0 Å². The molecule has 0 aromatic heterocycles. The predicted molar refractivity (Wildman–Crippen MR) is 62.8 cm³/mol. The molecule has 3 N–H and O–H groups in total. The fourth-order valence-corrected chi connectivity index (χ4v) is 2.43. The molecule has 0 amide bonds. The molecule has 0 aliphatic carbocycles. The van der Waals surface area contributed by atoms with E-state index in [2.05, 4.69) is 4.72 Å². The Hall–Kier alpha value is -0.210. The highest BCUT2D eigenvalue weighted by Gasteiger charge is 2.21. The number of hydrogen-bond donors (Lipinski definition) is 2. The molecule has 0 rings (SSSR count). The summed E-state index contributed by atoms with van der Waals surface area (Å²) in [5.41, 5.74) is 5.37. The highest BCUT2D eigenvalue weighted by molar-refractivity contribution is 7.90. The van der Waals surface area contributed by atoms with Crippen molar-refractivity contribution in [3.05, 3.63) is 0 Å². The molecule has 0 saturated heterocycles. The maximum absolute atomic E-state index is 11.6. The SMILES string of the molecule is CCC(CN)S(=O)(=O)NCCOCCOC. The fourth-order valence-electron chi connectivity index (χ4n) is 1.13. The van der Waals surface area contributed by atoms with Gasteiger partial charge in [-0.05, 0) is 6.42 Å². The summed E-state index contributed by atoms with van der Waals surface area (Å²) in [7, 11) is -1.72. The summed E-state index contributed by atoms with van der Waals surface area (Å²) in [6, 6.07) is 0. The van der Waals surface area contributed by atoms with Gasteiger partial charge in [0.05, 0.1) is 25.1 Å². The van der Waals surface area contributed by atoms with Crippen molar-refractivity contribution >= 4 is 10.0 Å². The Morgan fingerprint density at radius 3 is 2.50 bits per heavy atom. The Morgan fingerprint density at radius 1 is 1.31 bits per heavy atom. The van der Waals surface area contributed by atoms with Crippen LogP contribution in [-0.2, 0) is 19.5 Å². The molecular formula is C9H22N2O4S. The highest BCUT2D eigenvalue weighted by atomic mass is 32.2. The number of ether oxygens (including phenoxy) is 2. The van der Waals surface area contributed by atoms with Crippen LogP contribution in [0.4, 0.5) is 0 Å². The van der Waals surface area contributed by atoms with Crippen molar-refractivity contribution in [2.75, 3.05) is 40.0 Å². The molecule has 0 aliphatic heterocycles. The Bertz CT molecular complexity index is 252. The molecule has 0 radical (unpaired) electrons. The van der Waals surface area contributed by atoms with Gasteiger partial charge in [0.25, 0.3) is 0 Å². The van der Waals surface area contributed by atoms with Gasteiger partial charge in [0.1, 0.15) is 0 Å². The minimum atomic E-state index is -3.30. The van der Waals surface area contributed by atoms with Crippen molar-refractivity contribution in [1.29, 1.82) is 0 Å². The minimum Gasteiger partial charge on any atom is -0.382 e. The first-order valence-electron chi connectivity index (χ1n) is 5.33. The lowest BCUT2D eigenvalue weighted by molar-refractivity contribution is 0.0736. The van der Waals surface area contributed by atoms with Crippen LogP contribution in [0.5, 0.6) is 0 Å². The van der Waals surface area contributed by atoms with Gasteiger partial charge in [0, 0.05) is 20.2 Å². The second-order valence-electron chi connectivity index (χ2n) is 3.31. The number of nitrogens with one attached hydrogen (secondary N) is 1. The van der Waals surface area contributed by atoms with Gasteiger partial charge in [-0.1, -0.05) is 6.92 Å². The van der Waals surface area contributed by atoms with Crippen LogP contribution in [0.2, 0.25) is 0 Å². The van der Waals surface area contributed by atoms with Crippen molar-refractivity contribution in [1.82, 2.24) is 4.72 Å². The second kappa shape index (κ2) is 8.89. The molecule has 7 heteroatoms. The lowest BCUT2D eigenvalue weighted by atomic mass is 10.3. The summed E-state index contributed by atoms with van der Waals surface area (Å²) in [6.07, 6.45) is 0.510. The molecule has 0 spiro atoms. The molecule has 1 unspecified atom stereocenters. The molecule has 0 aromatic rings. The number of sulfonamides is 1.